The third-order valence-corrected chi connectivity index (χ3v) is 5.24. The molecule has 1 fully saturated rings. The second kappa shape index (κ2) is 7.62. The molecule has 0 radical (unpaired) electrons. The first-order chi connectivity index (χ1) is 12.4. The van der Waals surface area contributed by atoms with Crippen molar-refractivity contribution in [3.05, 3.63) is 35.4 Å². The fourth-order valence-corrected chi connectivity index (χ4v) is 3.52. The third-order valence-electron chi connectivity index (χ3n) is 5.24. The molecule has 1 aliphatic rings. The first-order valence-corrected chi connectivity index (χ1v) is 9.44. The summed E-state index contributed by atoms with van der Waals surface area (Å²) >= 11 is 0. The fourth-order valence-electron chi connectivity index (χ4n) is 3.52. The summed E-state index contributed by atoms with van der Waals surface area (Å²) in [5, 5.41) is 1.25. The van der Waals surface area contributed by atoms with Gasteiger partial charge >= 0.3 is 0 Å². The molecule has 1 aliphatic heterocycles. The molecule has 1 aromatic heterocycles. The Balaban J connectivity index is 1.79. The number of fused-ring (bicyclic) bond motifs is 1. The van der Waals surface area contributed by atoms with Crippen LogP contribution in [0, 0.1) is 6.92 Å². The van der Waals surface area contributed by atoms with Crippen molar-refractivity contribution in [3.8, 4) is 0 Å². The third kappa shape index (κ3) is 3.83. The molecule has 1 amide bonds. The number of pyridine rings is 1. The molecule has 2 heterocycles. The summed E-state index contributed by atoms with van der Waals surface area (Å²) in [6.07, 6.45) is 0. The van der Waals surface area contributed by atoms with Crippen molar-refractivity contribution in [2.24, 2.45) is 0 Å². The molecular weight excluding hydrogens is 324 g/mol. The van der Waals surface area contributed by atoms with Gasteiger partial charge < -0.3 is 9.80 Å². The Morgan fingerprint density at radius 2 is 1.88 bits per heavy atom. The minimum Gasteiger partial charge on any atom is -0.354 e. The maximum atomic E-state index is 11.9. The number of aromatic nitrogens is 1. The van der Waals surface area contributed by atoms with E-state index in [4.69, 9.17) is 4.98 Å². The van der Waals surface area contributed by atoms with E-state index < -0.39 is 0 Å². The lowest BCUT2D eigenvalue weighted by atomic mass is 9.98. The minimum absolute atomic E-state index is 0.166. The molecule has 5 nitrogen and oxygen atoms in total. The van der Waals surface area contributed by atoms with Crippen LogP contribution < -0.4 is 4.90 Å². The van der Waals surface area contributed by atoms with Crippen LogP contribution in [0.15, 0.2) is 24.3 Å². The summed E-state index contributed by atoms with van der Waals surface area (Å²) in [5.41, 5.74) is 3.71. The molecule has 0 atom stereocenters. The number of anilines is 1. The molecule has 1 aromatic carbocycles. The van der Waals surface area contributed by atoms with Gasteiger partial charge in [-0.15, -0.1) is 0 Å². The van der Waals surface area contributed by atoms with E-state index in [0.717, 1.165) is 37.5 Å². The Bertz CT molecular complexity index is 792. The Kier molecular flexibility index (Phi) is 5.47. The van der Waals surface area contributed by atoms with E-state index in [9.17, 15) is 4.79 Å². The van der Waals surface area contributed by atoms with Crippen LogP contribution in [0.2, 0.25) is 0 Å². The highest BCUT2D eigenvalue weighted by atomic mass is 16.2. The summed E-state index contributed by atoms with van der Waals surface area (Å²) in [7, 11) is 3.62. The normalized spacial score (nSPS) is 15.7. The van der Waals surface area contributed by atoms with Gasteiger partial charge in [0, 0.05) is 45.7 Å². The van der Waals surface area contributed by atoms with Gasteiger partial charge in [-0.05, 0) is 30.0 Å². The molecule has 140 valence electrons. The van der Waals surface area contributed by atoms with Crippen molar-refractivity contribution in [1.82, 2.24) is 14.8 Å². The highest BCUT2D eigenvalue weighted by Gasteiger charge is 2.21. The van der Waals surface area contributed by atoms with E-state index in [1.807, 2.05) is 14.1 Å². The topological polar surface area (TPSA) is 39.7 Å². The highest BCUT2D eigenvalue weighted by Crippen LogP contribution is 2.29. The van der Waals surface area contributed by atoms with Crippen LogP contribution in [0.1, 0.15) is 30.9 Å². The predicted octanol–water partition coefficient (Wildman–Crippen LogP) is 2.88. The zero-order valence-corrected chi connectivity index (χ0v) is 16.6. The van der Waals surface area contributed by atoms with Gasteiger partial charge in [0.15, 0.2) is 0 Å². The van der Waals surface area contributed by atoms with Crippen molar-refractivity contribution < 1.29 is 4.79 Å². The monoisotopic (exact) mass is 354 g/mol. The number of hydrogen-bond acceptors (Lipinski definition) is 4. The summed E-state index contributed by atoms with van der Waals surface area (Å²) in [4.78, 5) is 23.2. The van der Waals surface area contributed by atoms with Gasteiger partial charge in [-0.25, -0.2) is 4.98 Å². The quantitative estimate of drug-likeness (QED) is 0.846. The number of para-hydroxylation sites is 1. The zero-order chi connectivity index (χ0) is 18.8. The number of nitrogens with zero attached hydrogens (tertiary/aromatic N) is 4. The van der Waals surface area contributed by atoms with Crippen LogP contribution in [-0.2, 0) is 4.79 Å². The molecule has 0 N–H and O–H groups in total. The Morgan fingerprint density at radius 3 is 2.50 bits per heavy atom. The number of benzene rings is 1. The molecule has 5 heteroatoms. The van der Waals surface area contributed by atoms with Crippen LogP contribution in [0.4, 0.5) is 5.82 Å². The van der Waals surface area contributed by atoms with Crippen LogP contribution in [0.25, 0.3) is 10.9 Å². The van der Waals surface area contributed by atoms with Gasteiger partial charge in [0.05, 0.1) is 12.1 Å². The molecular formula is C21H30N4O. The summed E-state index contributed by atoms with van der Waals surface area (Å²) in [6.45, 7) is 10.7. The largest absolute Gasteiger partial charge is 0.354 e. The summed E-state index contributed by atoms with van der Waals surface area (Å²) < 4.78 is 0. The molecule has 0 spiro atoms. The Morgan fingerprint density at radius 1 is 1.19 bits per heavy atom. The summed E-state index contributed by atoms with van der Waals surface area (Å²) in [5.74, 6) is 1.68. The van der Waals surface area contributed by atoms with Crippen molar-refractivity contribution in [2.75, 3.05) is 51.7 Å². The minimum atomic E-state index is 0.166. The average Bonchev–Trinajstić information content (AvgIpc) is 2.61. The van der Waals surface area contributed by atoms with Gasteiger partial charge in [0.1, 0.15) is 5.82 Å². The molecule has 0 unspecified atom stereocenters. The number of carbonyl (C=O) groups is 1. The second-order valence-electron chi connectivity index (χ2n) is 7.75. The van der Waals surface area contributed by atoms with E-state index in [1.165, 1.54) is 16.5 Å². The van der Waals surface area contributed by atoms with E-state index in [-0.39, 0.29) is 5.91 Å². The second-order valence-corrected chi connectivity index (χ2v) is 7.75. The predicted molar refractivity (Wildman–Crippen MR) is 108 cm³/mol. The van der Waals surface area contributed by atoms with E-state index in [0.29, 0.717) is 12.5 Å². The number of piperazine rings is 1. The first-order valence-electron chi connectivity index (χ1n) is 9.44. The van der Waals surface area contributed by atoms with E-state index in [1.54, 1.807) is 4.90 Å². The van der Waals surface area contributed by atoms with Gasteiger partial charge in [-0.1, -0.05) is 32.0 Å². The molecule has 0 bridgehead atoms. The SMILES string of the molecule is Cc1cc(N2CCN(CC(=O)N(C)C)CC2)nc2c(C(C)C)cccc12. The number of carbonyl (C=O) groups excluding carboxylic acids is 1. The molecule has 0 saturated carbocycles. The van der Waals surface area contributed by atoms with Gasteiger partial charge in [-0.3, -0.25) is 9.69 Å². The molecule has 3 rings (SSSR count). The maximum absolute atomic E-state index is 11.9. The molecule has 1 saturated heterocycles. The van der Waals surface area contributed by atoms with Crippen molar-refractivity contribution in [1.29, 1.82) is 0 Å². The van der Waals surface area contributed by atoms with Crippen LogP contribution >= 0.6 is 0 Å². The average molecular weight is 354 g/mol. The van der Waals surface area contributed by atoms with E-state index >= 15 is 0 Å². The van der Waals surface area contributed by atoms with Crippen LogP contribution in [-0.4, -0.2) is 67.5 Å². The number of aryl methyl sites for hydroxylation is 1. The summed E-state index contributed by atoms with van der Waals surface area (Å²) in [6, 6.07) is 8.69. The molecule has 0 aliphatic carbocycles. The van der Waals surface area contributed by atoms with Gasteiger partial charge in [-0.2, -0.15) is 0 Å². The fraction of sp³-hybridized carbons (Fsp3) is 0.524. The van der Waals surface area contributed by atoms with Crippen molar-refractivity contribution in [3.63, 3.8) is 0 Å². The lowest BCUT2D eigenvalue weighted by molar-refractivity contribution is -0.129. The van der Waals surface area contributed by atoms with Crippen LogP contribution in [0.3, 0.4) is 0 Å². The van der Waals surface area contributed by atoms with Gasteiger partial charge in [0.25, 0.3) is 0 Å². The number of likely N-dealkylation sites (N-methyl/N-ethyl adjacent to an activating group) is 1. The Labute approximate surface area is 156 Å². The highest BCUT2D eigenvalue weighted by molar-refractivity contribution is 5.87. The van der Waals surface area contributed by atoms with Crippen molar-refractivity contribution in [2.45, 2.75) is 26.7 Å². The smallest absolute Gasteiger partial charge is 0.236 e. The molecule has 26 heavy (non-hydrogen) atoms. The maximum Gasteiger partial charge on any atom is 0.236 e. The van der Waals surface area contributed by atoms with Gasteiger partial charge in [0.2, 0.25) is 5.91 Å². The standard InChI is InChI=1S/C21H30N4O/c1-15(2)17-7-6-8-18-16(3)13-19(22-21(17)18)25-11-9-24(10-12-25)14-20(26)23(4)5/h6-8,13,15H,9-12,14H2,1-5H3. The van der Waals surface area contributed by atoms with E-state index in [2.05, 4.69) is 54.8 Å². The number of rotatable bonds is 4. The number of hydrogen-bond donors (Lipinski definition) is 0. The number of amides is 1. The van der Waals surface area contributed by atoms with Crippen molar-refractivity contribution >= 4 is 22.6 Å². The lowest BCUT2D eigenvalue weighted by Crippen LogP contribution is -2.49. The van der Waals surface area contributed by atoms with Crippen LogP contribution in [0.5, 0.6) is 0 Å². The zero-order valence-electron chi connectivity index (χ0n) is 16.6. The first kappa shape index (κ1) is 18.6. The lowest BCUT2D eigenvalue weighted by Gasteiger charge is -2.35. The Hall–Kier alpha value is -2.14. The molecule has 2 aromatic rings.